The number of hydrogen-bond acceptors (Lipinski definition) is 3. The number of rotatable bonds is 3. The van der Waals surface area contributed by atoms with Gasteiger partial charge in [0.05, 0.1) is 17.3 Å². The Labute approximate surface area is 81.7 Å². The van der Waals surface area contributed by atoms with Crippen molar-refractivity contribution in [2.24, 2.45) is 5.73 Å². The van der Waals surface area contributed by atoms with Gasteiger partial charge < -0.3 is 5.73 Å². The second kappa shape index (κ2) is 3.89. The Bertz CT molecular complexity index is 319. The monoisotopic (exact) mass is 201 g/mol. The normalized spacial score (nSPS) is 12.9. The van der Waals surface area contributed by atoms with E-state index in [0.717, 1.165) is 0 Å². The van der Waals surface area contributed by atoms with Crippen LogP contribution in [0.15, 0.2) is 6.20 Å². The largest absolute Gasteiger partial charge is 0.321 e. The van der Waals surface area contributed by atoms with Crippen molar-refractivity contribution in [2.45, 2.75) is 26.4 Å². The van der Waals surface area contributed by atoms with E-state index in [-0.39, 0.29) is 5.78 Å². The molecule has 1 heterocycles. The minimum atomic E-state index is -0.542. The number of ketones is 1. The summed E-state index contributed by atoms with van der Waals surface area (Å²) < 4.78 is 1.55. The number of halogens is 1. The summed E-state index contributed by atoms with van der Waals surface area (Å²) >= 11 is 5.80. The Balaban J connectivity index is 3.11. The van der Waals surface area contributed by atoms with E-state index < -0.39 is 6.04 Å². The fraction of sp³-hybridized carbons (Fsp3) is 0.500. The quantitative estimate of drug-likeness (QED) is 0.745. The van der Waals surface area contributed by atoms with Gasteiger partial charge in [-0.3, -0.25) is 9.48 Å². The number of nitrogens with zero attached hydrogens (tertiary/aromatic N) is 2. The summed E-state index contributed by atoms with van der Waals surface area (Å²) in [5.74, 6) is -0.177. The Kier molecular flexibility index (Phi) is 3.06. The number of carbonyl (C=O) groups excluding carboxylic acids is 1. The molecule has 72 valence electrons. The molecule has 0 saturated heterocycles. The highest BCUT2D eigenvalue weighted by Gasteiger charge is 2.19. The summed E-state index contributed by atoms with van der Waals surface area (Å²) in [6.45, 7) is 4.13. The van der Waals surface area contributed by atoms with Gasteiger partial charge in [-0.25, -0.2) is 0 Å². The molecule has 1 rings (SSSR count). The standard InChI is InChI=1S/C8H12ClN3O/c1-3-12-7(6(9)4-11-12)8(13)5(2)10/h4-5H,3,10H2,1-2H3. The number of aryl methyl sites for hydroxylation is 1. The van der Waals surface area contributed by atoms with Gasteiger partial charge in [0.1, 0.15) is 5.69 Å². The molecule has 0 fully saturated rings. The van der Waals surface area contributed by atoms with E-state index in [2.05, 4.69) is 5.10 Å². The molecule has 13 heavy (non-hydrogen) atoms. The van der Waals surface area contributed by atoms with E-state index in [4.69, 9.17) is 17.3 Å². The van der Waals surface area contributed by atoms with Gasteiger partial charge in [-0.1, -0.05) is 11.6 Å². The molecule has 0 aromatic carbocycles. The van der Waals surface area contributed by atoms with Crippen LogP contribution < -0.4 is 5.73 Å². The lowest BCUT2D eigenvalue weighted by Gasteiger charge is -2.06. The zero-order chi connectivity index (χ0) is 10.0. The maximum atomic E-state index is 11.5. The third-order valence-corrected chi connectivity index (χ3v) is 2.02. The van der Waals surface area contributed by atoms with E-state index in [1.54, 1.807) is 11.6 Å². The Hall–Kier alpha value is -0.870. The second-order valence-corrected chi connectivity index (χ2v) is 3.22. The highest BCUT2D eigenvalue weighted by Crippen LogP contribution is 2.16. The molecule has 0 bridgehead atoms. The molecule has 0 radical (unpaired) electrons. The van der Waals surface area contributed by atoms with Crippen molar-refractivity contribution in [3.8, 4) is 0 Å². The van der Waals surface area contributed by atoms with Crippen molar-refractivity contribution in [2.75, 3.05) is 0 Å². The number of aromatic nitrogens is 2. The Morgan fingerprint density at radius 1 is 1.85 bits per heavy atom. The average molecular weight is 202 g/mol. The van der Waals surface area contributed by atoms with Gasteiger partial charge in [0.15, 0.2) is 5.78 Å². The third kappa shape index (κ3) is 1.89. The summed E-state index contributed by atoms with van der Waals surface area (Å²) in [7, 11) is 0. The number of hydrogen-bond donors (Lipinski definition) is 1. The van der Waals surface area contributed by atoms with E-state index in [1.807, 2.05) is 6.92 Å². The molecule has 1 unspecified atom stereocenters. The predicted molar refractivity (Wildman–Crippen MR) is 50.9 cm³/mol. The van der Waals surface area contributed by atoms with Crippen molar-refractivity contribution in [3.05, 3.63) is 16.9 Å². The lowest BCUT2D eigenvalue weighted by molar-refractivity contribution is 0.0957. The molecule has 5 heteroatoms. The first-order valence-corrected chi connectivity index (χ1v) is 4.46. The number of Topliss-reactive ketones (excluding diaryl/α,β-unsaturated/α-hetero) is 1. The lowest BCUT2D eigenvalue weighted by atomic mass is 10.1. The fourth-order valence-corrected chi connectivity index (χ4v) is 1.30. The maximum absolute atomic E-state index is 11.5. The number of nitrogens with two attached hydrogens (primary N) is 1. The molecule has 4 nitrogen and oxygen atoms in total. The fourth-order valence-electron chi connectivity index (χ4n) is 1.06. The molecule has 0 aliphatic heterocycles. The van der Waals surface area contributed by atoms with Crippen LogP contribution in [0.5, 0.6) is 0 Å². The molecule has 0 aliphatic carbocycles. The second-order valence-electron chi connectivity index (χ2n) is 2.81. The summed E-state index contributed by atoms with van der Waals surface area (Å²) in [5, 5.41) is 4.31. The highest BCUT2D eigenvalue weighted by molar-refractivity contribution is 6.33. The topological polar surface area (TPSA) is 60.9 Å². The van der Waals surface area contributed by atoms with Gasteiger partial charge in [0, 0.05) is 6.54 Å². The molecule has 0 amide bonds. The molecule has 1 atom stereocenters. The van der Waals surface area contributed by atoms with Crippen molar-refractivity contribution >= 4 is 17.4 Å². The molecule has 2 N–H and O–H groups in total. The van der Waals surface area contributed by atoms with E-state index in [0.29, 0.717) is 17.3 Å². The molecular weight excluding hydrogens is 190 g/mol. The van der Waals surface area contributed by atoms with Crippen LogP contribution >= 0.6 is 11.6 Å². The molecule has 1 aromatic rings. The predicted octanol–water partition coefficient (Wildman–Crippen LogP) is 1.09. The van der Waals surface area contributed by atoms with Crippen molar-refractivity contribution in [1.82, 2.24) is 9.78 Å². The zero-order valence-electron chi connectivity index (χ0n) is 7.62. The van der Waals surface area contributed by atoms with Gasteiger partial charge in [0.2, 0.25) is 0 Å². The van der Waals surface area contributed by atoms with Gasteiger partial charge >= 0.3 is 0 Å². The molecular formula is C8H12ClN3O. The lowest BCUT2D eigenvalue weighted by Crippen LogP contribution is -2.29. The first-order chi connectivity index (χ1) is 6.07. The number of carbonyl (C=O) groups is 1. The van der Waals surface area contributed by atoms with Crippen LogP contribution in [0.3, 0.4) is 0 Å². The molecule has 1 aromatic heterocycles. The van der Waals surface area contributed by atoms with Crippen LogP contribution in [0.2, 0.25) is 5.02 Å². The Morgan fingerprint density at radius 2 is 2.46 bits per heavy atom. The first-order valence-electron chi connectivity index (χ1n) is 4.09. The first kappa shape index (κ1) is 10.2. The van der Waals surface area contributed by atoms with Crippen molar-refractivity contribution in [3.63, 3.8) is 0 Å². The molecule has 0 aliphatic rings. The van der Waals surface area contributed by atoms with E-state index >= 15 is 0 Å². The van der Waals surface area contributed by atoms with Crippen LogP contribution in [0.4, 0.5) is 0 Å². The SMILES string of the molecule is CCn1ncc(Cl)c1C(=O)C(C)N. The van der Waals surface area contributed by atoms with Crippen LogP contribution in [0, 0.1) is 0 Å². The smallest absolute Gasteiger partial charge is 0.198 e. The Morgan fingerprint density at radius 3 is 2.92 bits per heavy atom. The minimum absolute atomic E-state index is 0.177. The highest BCUT2D eigenvalue weighted by atomic mass is 35.5. The van der Waals surface area contributed by atoms with Crippen molar-refractivity contribution in [1.29, 1.82) is 0 Å². The summed E-state index contributed by atoms with van der Waals surface area (Å²) in [4.78, 5) is 11.5. The summed E-state index contributed by atoms with van der Waals surface area (Å²) in [6, 6.07) is -0.542. The van der Waals surface area contributed by atoms with Gasteiger partial charge in [0.25, 0.3) is 0 Å². The minimum Gasteiger partial charge on any atom is -0.321 e. The van der Waals surface area contributed by atoms with Crippen LogP contribution in [0.1, 0.15) is 24.3 Å². The third-order valence-electron chi connectivity index (χ3n) is 1.74. The van der Waals surface area contributed by atoms with Crippen LogP contribution in [-0.4, -0.2) is 21.6 Å². The summed E-state index contributed by atoms with van der Waals surface area (Å²) in [6.07, 6.45) is 1.46. The van der Waals surface area contributed by atoms with Gasteiger partial charge in [-0.2, -0.15) is 5.10 Å². The molecule has 0 spiro atoms. The van der Waals surface area contributed by atoms with Gasteiger partial charge in [-0.15, -0.1) is 0 Å². The van der Waals surface area contributed by atoms with Gasteiger partial charge in [-0.05, 0) is 13.8 Å². The maximum Gasteiger partial charge on any atom is 0.198 e. The molecule has 0 saturated carbocycles. The van der Waals surface area contributed by atoms with E-state index in [1.165, 1.54) is 6.20 Å². The van der Waals surface area contributed by atoms with Crippen LogP contribution in [-0.2, 0) is 6.54 Å². The van der Waals surface area contributed by atoms with E-state index in [9.17, 15) is 4.79 Å². The van der Waals surface area contributed by atoms with Crippen molar-refractivity contribution < 1.29 is 4.79 Å². The summed E-state index contributed by atoms with van der Waals surface area (Å²) in [5.41, 5.74) is 5.87. The zero-order valence-corrected chi connectivity index (χ0v) is 8.38. The average Bonchev–Trinajstić information content (AvgIpc) is 2.45. The van der Waals surface area contributed by atoms with Crippen LogP contribution in [0.25, 0.3) is 0 Å².